The van der Waals surface area contributed by atoms with Crippen molar-refractivity contribution in [3.8, 4) is 0 Å². The summed E-state index contributed by atoms with van der Waals surface area (Å²) in [5, 5.41) is 0.810. The zero-order chi connectivity index (χ0) is 16.1. The van der Waals surface area contributed by atoms with E-state index in [1.807, 2.05) is 12.1 Å². The molecule has 0 bridgehead atoms. The van der Waals surface area contributed by atoms with Crippen LogP contribution in [0.2, 0.25) is 5.02 Å². The summed E-state index contributed by atoms with van der Waals surface area (Å²) in [5.41, 5.74) is 5.49. The number of rotatable bonds is 2. The first-order valence-corrected chi connectivity index (χ1v) is 8.30. The molecule has 0 saturated carbocycles. The van der Waals surface area contributed by atoms with E-state index in [4.69, 9.17) is 16.3 Å². The van der Waals surface area contributed by atoms with Crippen molar-refractivity contribution in [3.05, 3.63) is 69.7 Å². The van der Waals surface area contributed by atoms with E-state index in [2.05, 4.69) is 58.0 Å². The lowest BCUT2D eigenvalue weighted by Crippen LogP contribution is -1.90. The summed E-state index contributed by atoms with van der Waals surface area (Å²) in [6.07, 6.45) is 0. The molecule has 22 heavy (non-hydrogen) atoms. The molecule has 0 aliphatic carbocycles. The second kappa shape index (κ2) is 7.80. The molecule has 2 heteroatoms. The van der Waals surface area contributed by atoms with Gasteiger partial charge < -0.3 is 4.74 Å². The topological polar surface area (TPSA) is 9.23 Å². The van der Waals surface area contributed by atoms with Gasteiger partial charge in [-0.15, -0.1) is 0 Å². The predicted octanol–water partition coefficient (Wildman–Crippen LogP) is 6.30. The maximum atomic E-state index is 5.72. The summed E-state index contributed by atoms with van der Waals surface area (Å²) in [4.78, 5) is 0. The van der Waals surface area contributed by atoms with Crippen molar-refractivity contribution in [1.82, 2.24) is 0 Å². The van der Waals surface area contributed by atoms with E-state index in [1.54, 1.807) is 0 Å². The fourth-order valence-corrected chi connectivity index (χ4v) is 2.52. The third-order valence-electron chi connectivity index (χ3n) is 3.95. The fourth-order valence-electron chi connectivity index (χ4n) is 2.40. The van der Waals surface area contributed by atoms with E-state index in [9.17, 15) is 0 Å². The van der Waals surface area contributed by atoms with E-state index in [-0.39, 0.29) is 0 Å². The Morgan fingerprint density at radius 2 is 1.32 bits per heavy atom. The van der Waals surface area contributed by atoms with Crippen LogP contribution < -0.4 is 0 Å². The van der Waals surface area contributed by atoms with Crippen LogP contribution in [0, 0.1) is 0 Å². The fraction of sp³-hybridized carbons (Fsp3) is 0.400. The average molecular weight is 317 g/mol. The van der Waals surface area contributed by atoms with Crippen molar-refractivity contribution < 1.29 is 4.74 Å². The number of hydrogen-bond acceptors (Lipinski definition) is 1. The van der Waals surface area contributed by atoms with Gasteiger partial charge >= 0.3 is 0 Å². The highest BCUT2D eigenvalue weighted by molar-refractivity contribution is 6.30. The summed E-state index contributed by atoms with van der Waals surface area (Å²) in [7, 11) is 0. The average Bonchev–Trinajstić information content (AvgIpc) is 2.95. The second-order valence-corrected chi connectivity index (χ2v) is 6.82. The Morgan fingerprint density at radius 1 is 0.773 bits per heavy atom. The third kappa shape index (κ3) is 4.59. The highest BCUT2D eigenvalue weighted by Gasteiger charge is 2.11. The molecule has 0 unspecified atom stereocenters. The van der Waals surface area contributed by atoms with E-state index in [0.717, 1.165) is 18.2 Å². The molecule has 2 aromatic carbocycles. The SMILES string of the molecule is CC(C)c1ccc(Cl)cc1.CC(C)c1ccc2c(c1)COC2. The third-order valence-corrected chi connectivity index (χ3v) is 4.20. The van der Waals surface area contributed by atoms with E-state index in [0.29, 0.717) is 11.8 Å². The van der Waals surface area contributed by atoms with Gasteiger partial charge in [0.2, 0.25) is 0 Å². The predicted molar refractivity (Wildman–Crippen MR) is 94.6 cm³/mol. The zero-order valence-electron chi connectivity index (χ0n) is 13.9. The van der Waals surface area contributed by atoms with Gasteiger partial charge in [0.05, 0.1) is 13.2 Å². The van der Waals surface area contributed by atoms with Crippen LogP contribution in [0.25, 0.3) is 0 Å². The van der Waals surface area contributed by atoms with Gasteiger partial charge in [-0.25, -0.2) is 0 Å². The Balaban J connectivity index is 0.000000164. The zero-order valence-corrected chi connectivity index (χ0v) is 14.7. The van der Waals surface area contributed by atoms with Crippen molar-refractivity contribution in [2.24, 2.45) is 0 Å². The van der Waals surface area contributed by atoms with Crippen LogP contribution in [0.3, 0.4) is 0 Å². The maximum Gasteiger partial charge on any atom is 0.0725 e. The van der Waals surface area contributed by atoms with Crippen LogP contribution in [0.15, 0.2) is 42.5 Å². The largest absolute Gasteiger partial charge is 0.372 e. The lowest BCUT2D eigenvalue weighted by molar-refractivity contribution is 0.134. The Bertz CT molecular complexity index is 600. The van der Waals surface area contributed by atoms with Crippen LogP contribution in [0.4, 0.5) is 0 Å². The molecule has 0 fully saturated rings. The Kier molecular flexibility index (Phi) is 6.05. The summed E-state index contributed by atoms with van der Waals surface area (Å²) in [5.74, 6) is 1.22. The van der Waals surface area contributed by atoms with Crippen LogP contribution in [0.1, 0.15) is 61.8 Å². The highest BCUT2D eigenvalue weighted by Crippen LogP contribution is 2.24. The summed E-state index contributed by atoms with van der Waals surface area (Å²) >= 11 is 5.72. The molecule has 0 aromatic heterocycles. The van der Waals surface area contributed by atoms with Crippen molar-refractivity contribution in [2.45, 2.75) is 52.7 Å². The maximum absolute atomic E-state index is 5.72. The Labute approximate surface area is 139 Å². The van der Waals surface area contributed by atoms with Gasteiger partial charge in [0, 0.05) is 5.02 Å². The minimum Gasteiger partial charge on any atom is -0.372 e. The molecule has 0 radical (unpaired) electrons. The molecule has 1 aliphatic heterocycles. The molecule has 118 valence electrons. The van der Waals surface area contributed by atoms with Gasteiger partial charge in [-0.1, -0.05) is 69.6 Å². The van der Waals surface area contributed by atoms with Gasteiger partial charge in [0.25, 0.3) is 0 Å². The number of benzene rings is 2. The Hall–Kier alpha value is -1.31. The molecular weight excluding hydrogens is 292 g/mol. The standard InChI is InChI=1S/C11H14O.C9H11Cl/c1-8(2)9-3-4-10-6-12-7-11(10)5-9;1-7(2)8-3-5-9(10)6-4-8/h3-5,8H,6-7H2,1-2H3;3-7H,1-2H3. The molecule has 0 N–H and O–H groups in total. The first-order chi connectivity index (χ1) is 10.5. The first kappa shape index (κ1) is 17.1. The van der Waals surface area contributed by atoms with Gasteiger partial charge in [0.1, 0.15) is 0 Å². The molecule has 2 aromatic rings. The summed E-state index contributed by atoms with van der Waals surface area (Å²) in [6.45, 7) is 10.4. The van der Waals surface area contributed by atoms with Crippen LogP contribution >= 0.6 is 11.6 Å². The number of fused-ring (bicyclic) bond motifs is 1. The van der Waals surface area contributed by atoms with Crippen LogP contribution in [0.5, 0.6) is 0 Å². The molecule has 1 nitrogen and oxygen atoms in total. The van der Waals surface area contributed by atoms with E-state index < -0.39 is 0 Å². The molecule has 0 spiro atoms. The number of hydrogen-bond donors (Lipinski definition) is 0. The molecule has 0 amide bonds. The van der Waals surface area contributed by atoms with Crippen LogP contribution in [-0.4, -0.2) is 0 Å². The van der Waals surface area contributed by atoms with Crippen molar-refractivity contribution in [1.29, 1.82) is 0 Å². The molecular formula is C20H25ClO. The molecule has 3 rings (SSSR count). The number of ether oxygens (including phenoxy) is 1. The van der Waals surface area contributed by atoms with Gasteiger partial charge in [-0.05, 0) is 46.2 Å². The summed E-state index contributed by atoms with van der Waals surface area (Å²) in [6, 6.07) is 14.6. The number of halogens is 1. The smallest absolute Gasteiger partial charge is 0.0725 e. The van der Waals surface area contributed by atoms with Crippen molar-refractivity contribution in [3.63, 3.8) is 0 Å². The van der Waals surface area contributed by atoms with Gasteiger partial charge in [0.15, 0.2) is 0 Å². The quantitative estimate of drug-likeness (QED) is 0.631. The van der Waals surface area contributed by atoms with E-state index in [1.165, 1.54) is 22.3 Å². The normalized spacial score (nSPS) is 13.0. The second-order valence-electron chi connectivity index (χ2n) is 6.38. The first-order valence-electron chi connectivity index (χ1n) is 7.92. The summed E-state index contributed by atoms with van der Waals surface area (Å²) < 4.78 is 5.35. The van der Waals surface area contributed by atoms with Gasteiger partial charge in [-0.3, -0.25) is 0 Å². The molecule has 0 atom stereocenters. The van der Waals surface area contributed by atoms with Crippen molar-refractivity contribution >= 4 is 11.6 Å². The van der Waals surface area contributed by atoms with Crippen molar-refractivity contribution in [2.75, 3.05) is 0 Å². The van der Waals surface area contributed by atoms with Gasteiger partial charge in [-0.2, -0.15) is 0 Å². The lowest BCUT2D eigenvalue weighted by atomic mass is 9.99. The van der Waals surface area contributed by atoms with Crippen LogP contribution in [-0.2, 0) is 18.0 Å². The minimum atomic E-state index is 0.595. The van der Waals surface area contributed by atoms with E-state index >= 15 is 0 Å². The molecule has 0 saturated heterocycles. The Morgan fingerprint density at radius 3 is 1.91 bits per heavy atom. The lowest BCUT2D eigenvalue weighted by Gasteiger charge is -2.06. The minimum absolute atomic E-state index is 0.595. The molecule has 1 aliphatic rings. The molecule has 1 heterocycles. The monoisotopic (exact) mass is 316 g/mol. The highest BCUT2D eigenvalue weighted by atomic mass is 35.5.